The van der Waals surface area contributed by atoms with Crippen molar-refractivity contribution in [3.05, 3.63) is 35.1 Å². The van der Waals surface area contributed by atoms with Crippen LogP contribution in [0.4, 0.5) is 4.39 Å². The molecule has 0 aromatic heterocycles. The van der Waals surface area contributed by atoms with E-state index >= 15 is 0 Å². The number of methoxy groups -OCH3 is 1. The summed E-state index contributed by atoms with van der Waals surface area (Å²) in [6.45, 7) is 2.16. The maximum absolute atomic E-state index is 13.1. The van der Waals surface area contributed by atoms with Crippen molar-refractivity contribution in [2.75, 3.05) is 19.0 Å². The summed E-state index contributed by atoms with van der Waals surface area (Å²) in [6, 6.07) is 4.13. The van der Waals surface area contributed by atoms with Crippen molar-refractivity contribution in [1.29, 1.82) is 0 Å². The van der Waals surface area contributed by atoms with E-state index < -0.39 is 5.82 Å². The quantitative estimate of drug-likeness (QED) is 0.848. The van der Waals surface area contributed by atoms with Crippen LogP contribution >= 0.6 is 15.9 Å². The molecule has 0 aliphatic heterocycles. The van der Waals surface area contributed by atoms with Gasteiger partial charge in [0.2, 0.25) is 0 Å². The van der Waals surface area contributed by atoms with Crippen molar-refractivity contribution >= 4 is 21.8 Å². The summed E-state index contributed by atoms with van der Waals surface area (Å²) in [5, 5.41) is 3.35. The summed E-state index contributed by atoms with van der Waals surface area (Å²) in [5.74, 6) is -0.702. The molecule has 17 heavy (non-hydrogen) atoms. The van der Waals surface area contributed by atoms with Crippen LogP contribution in [0.5, 0.6) is 0 Å². The molecule has 1 unspecified atom stereocenters. The Hall–Kier alpha value is -0.940. The predicted molar refractivity (Wildman–Crippen MR) is 68.1 cm³/mol. The van der Waals surface area contributed by atoms with Gasteiger partial charge in [0.1, 0.15) is 5.82 Å². The lowest BCUT2D eigenvalue weighted by atomic mass is 10.1. The number of halogens is 2. The third-order valence-electron chi connectivity index (χ3n) is 2.19. The molecular weight excluding hydrogens is 289 g/mol. The normalized spacial score (nSPS) is 12.2. The first-order valence-corrected chi connectivity index (χ1v) is 6.32. The highest BCUT2D eigenvalue weighted by Gasteiger charge is 2.13. The minimum absolute atomic E-state index is 0.129. The Morgan fingerprint density at radius 3 is 2.76 bits per heavy atom. The number of rotatable bonds is 5. The molecular formula is C12H15BrFNO2. The van der Waals surface area contributed by atoms with E-state index in [0.29, 0.717) is 17.5 Å². The molecule has 0 spiro atoms. The van der Waals surface area contributed by atoms with Crippen LogP contribution in [0.15, 0.2) is 18.2 Å². The largest absolute Gasteiger partial charge is 0.383 e. The van der Waals surface area contributed by atoms with Gasteiger partial charge >= 0.3 is 0 Å². The van der Waals surface area contributed by atoms with Crippen molar-refractivity contribution in [1.82, 2.24) is 5.32 Å². The molecule has 0 saturated carbocycles. The van der Waals surface area contributed by atoms with Crippen LogP contribution < -0.4 is 5.32 Å². The molecule has 94 valence electrons. The van der Waals surface area contributed by atoms with Crippen molar-refractivity contribution in [2.45, 2.75) is 13.0 Å². The van der Waals surface area contributed by atoms with E-state index in [4.69, 9.17) is 4.74 Å². The second-order valence-corrected chi connectivity index (χ2v) is 4.44. The van der Waals surface area contributed by atoms with Gasteiger partial charge in [0.05, 0.1) is 12.6 Å². The summed E-state index contributed by atoms with van der Waals surface area (Å²) in [4.78, 5) is 11.8. The zero-order valence-corrected chi connectivity index (χ0v) is 11.4. The first-order chi connectivity index (χ1) is 8.06. The van der Waals surface area contributed by atoms with Crippen molar-refractivity contribution in [3.63, 3.8) is 0 Å². The maximum atomic E-state index is 13.1. The fourth-order valence-corrected chi connectivity index (χ4v) is 1.81. The summed E-state index contributed by atoms with van der Waals surface area (Å²) in [6.07, 6.45) is 0. The van der Waals surface area contributed by atoms with Gasteiger partial charge in [0.25, 0.3) is 5.91 Å². The van der Waals surface area contributed by atoms with E-state index in [1.54, 1.807) is 20.1 Å². The number of aryl methyl sites for hydroxylation is 1. The van der Waals surface area contributed by atoms with Crippen LogP contribution in [0.25, 0.3) is 0 Å². The average molecular weight is 304 g/mol. The predicted octanol–water partition coefficient (Wildman–Crippen LogP) is 2.27. The molecule has 0 aliphatic carbocycles. The standard InChI is InChI=1S/C12H15BrFNO2/c1-8-3-9(5-10(14)4-8)12(16)15-11(6-13)7-17-2/h3-5,11H,6-7H2,1-2H3,(H,15,16). The number of hydrogen-bond donors (Lipinski definition) is 1. The number of carbonyl (C=O) groups excluding carboxylic acids is 1. The highest BCUT2D eigenvalue weighted by Crippen LogP contribution is 2.08. The Morgan fingerprint density at radius 2 is 2.24 bits per heavy atom. The van der Waals surface area contributed by atoms with Crippen LogP contribution in [0.3, 0.4) is 0 Å². The molecule has 1 rings (SSSR count). The minimum atomic E-state index is -0.405. The molecule has 0 aliphatic rings. The molecule has 0 heterocycles. The lowest BCUT2D eigenvalue weighted by molar-refractivity contribution is 0.0907. The highest BCUT2D eigenvalue weighted by atomic mass is 79.9. The fourth-order valence-electron chi connectivity index (χ4n) is 1.46. The van der Waals surface area contributed by atoms with Gasteiger partial charge in [-0.2, -0.15) is 0 Å². The lowest BCUT2D eigenvalue weighted by Gasteiger charge is -2.15. The third kappa shape index (κ3) is 4.44. The number of hydrogen-bond acceptors (Lipinski definition) is 2. The molecule has 3 nitrogen and oxygen atoms in total. The van der Waals surface area contributed by atoms with Crippen LogP contribution in [-0.2, 0) is 4.74 Å². The number of benzene rings is 1. The van der Waals surface area contributed by atoms with Crippen LogP contribution in [-0.4, -0.2) is 31.0 Å². The SMILES string of the molecule is COCC(CBr)NC(=O)c1cc(C)cc(F)c1. The first-order valence-electron chi connectivity index (χ1n) is 5.19. The molecule has 0 saturated heterocycles. The van der Waals surface area contributed by atoms with Gasteiger partial charge in [0.15, 0.2) is 0 Å². The van der Waals surface area contributed by atoms with Gasteiger partial charge in [-0.1, -0.05) is 15.9 Å². The average Bonchev–Trinajstić information content (AvgIpc) is 2.27. The number of ether oxygens (including phenoxy) is 1. The zero-order chi connectivity index (χ0) is 12.8. The molecule has 5 heteroatoms. The van der Waals surface area contributed by atoms with Gasteiger partial charge in [-0.25, -0.2) is 4.39 Å². The van der Waals surface area contributed by atoms with Gasteiger partial charge in [-0.05, 0) is 30.7 Å². The Balaban J connectivity index is 2.75. The van der Waals surface area contributed by atoms with Gasteiger partial charge < -0.3 is 10.1 Å². The fraction of sp³-hybridized carbons (Fsp3) is 0.417. The molecule has 1 atom stereocenters. The van der Waals surface area contributed by atoms with Crippen LogP contribution in [0.2, 0.25) is 0 Å². The van der Waals surface area contributed by atoms with Crippen molar-refractivity contribution in [2.24, 2.45) is 0 Å². The van der Waals surface area contributed by atoms with E-state index in [9.17, 15) is 9.18 Å². The molecule has 1 aromatic rings. The number of carbonyl (C=O) groups is 1. The van der Waals surface area contributed by atoms with E-state index in [-0.39, 0.29) is 11.9 Å². The molecule has 0 radical (unpaired) electrons. The zero-order valence-electron chi connectivity index (χ0n) is 9.80. The van der Waals surface area contributed by atoms with Gasteiger partial charge in [-0.3, -0.25) is 4.79 Å². The van der Waals surface area contributed by atoms with Crippen LogP contribution in [0, 0.1) is 12.7 Å². The lowest BCUT2D eigenvalue weighted by Crippen LogP contribution is -2.39. The van der Waals surface area contributed by atoms with Gasteiger partial charge in [-0.15, -0.1) is 0 Å². The number of amides is 1. The van der Waals surface area contributed by atoms with Crippen LogP contribution in [0.1, 0.15) is 15.9 Å². The Bertz CT molecular complexity index is 378. The second kappa shape index (κ2) is 6.71. The van der Waals surface area contributed by atoms with Crippen molar-refractivity contribution < 1.29 is 13.9 Å². The highest BCUT2D eigenvalue weighted by molar-refractivity contribution is 9.09. The molecule has 1 aromatic carbocycles. The smallest absolute Gasteiger partial charge is 0.251 e. The van der Waals surface area contributed by atoms with E-state index in [1.807, 2.05) is 0 Å². The Kier molecular flexibility index (Phi) is 5.58. The summed E-state index contributed by atoms with van der Waals surface area (Å²) in [7, 11) is 1.56. The summed E-state index contributed by atoms with van der Waals surface area (Å²) in [5.41, 5.74) is 1.04. The van der Waals surface area contributed by atoms with E-state index in [0.717, 1.165) is 5.56 Å². The summed E-state index contributed by atoms with van der Waals surface area (Å²) < 4.78 is 18.1. The molecule has 1 amide bonds. The third-order valence-corrected chi connectivity index (χ3v) is 2.98. The molecule has 1 N–H and O–H groups in total. The topological polar surface area (TPSA) is 38.3 Å². The molecule has 0 bridgehead atoms. The summed E-state index contributed by atoms with van der Waals surface area (Å²) >= 11 is 3.28. The Labute approximate surface area is 108 Å². The Morgan fingerprint density at radius 1 is 1.53 bits per heavy atom. The number of nitrogens with one attached hydrogen (secondary N) is 1. The molecule has 0 fully saturated rings. The first kappa shape index (κ1) is 14.1. The second-order valence-electron chi connectivity index (χ2n) is 3.80. The monoisotopic (exact) mass is 303 g/mol. The minimum Gasteiger partial charge on any atom is -0.383 e. The van der Waals surface area contributed by atoms with E-state index in [1.165, 1.54) is 12.1 Å². The van der Waals surface area contributed by atoms with Crippen molar-refractivity contribution in [3.8, 4) is 0 Å². The maximum Gasteiger partial charge on any atom is 0.251 e. The number of alkyl halides is 1. The van der Waals surface area contributed by atoms with E-state index in [2.05, 4.69) is 21.2 Å². The van der Waals surface area contributed by atoms with Gasteiger partial charge in [0, 0.05) is 18.0 Å².